The minimum Gasteiger partial charge on any atom is -0.382 e. The first-order chi connectivity index (χ1) is 7.25. The second-order valence-corrected chi connectivity index (χ2v) is 4.75. The van der Waals surface area contributed by atoms with E-state index in [-0.39, 0.29) is 0 Å². The molecule has 0 aliphatic carbocycles. The van der Waals surface area contributed by atoms with Gasteiger partial charge in [-0.05, 0) is 37.0 Å². The smallest absolute Gasteiger partial charge is 0.0476 e. The van der Waals surface area contributed by atoms with Crippen molar-refractivity contribution in [2.75, 3.05) is 13.2 Å². The molecule has 0 spiro atoms. The van der Waals surface area contributed by atoms with Gasteiger partial charge in [0.1, 0.15) is 0 Å². The Morgan fingerprint density at radius 2 is 2.07 bits per heavy atom. The molecule has 0 radical (unpaired) electrons. The Hall–Kier alpha value is -0.410. The molecule has 0 saturated carbocycles. The Balaban J connectivity index is 2.42. The van der Waals surface area contributed by atoms with Crippen LogP contribution in [0.3, 0.4) is 0 Å². The Morgan fingerprint density at radius 3 is 2.67 bits per heavy atom. The lowest BCUT2D eigenvalue weighted by Gasteiger charge is -2.18. The number of pyridine rings is 1. The van der Waals surface area contributed by atoms with E-state index in [4.69, 9.17) is 4.74 Å². The van der Waals surface area contributed by atoms with E-state index in [9.17, 15) is 0 Å². The van der Waals surface area contributed by atoms with Crippen LogP contribution in [0.15, 0.2) is 24.5 Å². The molecule has 0 aromatic carbocycles. The van der Waals surface area contributed by atoms with Crippen LogP contribution in [0.5, 0.6) is 0 Å². The molecule has 0 bridgehead atoms. The van der Waals surface area contributed by atoms with Crippen molar-refractivity contribution >= 4 is 15.9 Å². The summed E-state index contributed by atoms with van der Waals surface area (Å²) < 4.78 is 5.35. The first-order valence-corrected chi connectivity index (χ1v) is 6.29. The first-order valence-electron chi connectivity index (χ1n) is 5.37. The lowest BCUT2D eigenvalue weighted by atomic mass is 9.97. The number of halogens is 1. The Kier molecular flexibility index (Phi) is 5.88. The van der Waals surface area contributed by atoms with Crippen LogP contribution >= 0.6 is 15.9 Å². The molecule has 1 rings (SSSR count). The van der Waals surface area contributed by atoms with E-state index in [1.165, 1.54) is 5.56 Å². The van der Waals surface area contributed by atoms with Crippen molar-refractivity contribution in [2.45, 2.75) is 31.0 Å². The van der Waals surface area contributed by atoms with Crippen LogP contribution < -0.4 is 0 Å². The Labute approximate surface area is 100 Å². The molecule has 0 saturated heterocycles. The van der Waals surface area contributed by atoms with E-state index >= 15 is 0 Å². The molecule has 0 aliphatic heterocycles. The van der Waals surface area contributed by atoms with Gasteiger partial charge >= 0.3 is 0 Å². The molecule has 15 heavy (non-hydrogen) atoms. The molecular formula is C12H18BrNO. The van der Waals surface area contributed by atoms with Gasteiger partial charge in [0.25, 0.3) is 0 Å². The molecule has 1 aromatic rings. The van der Waals surface area contributed by atoms with Crippen LogP contribution in [0.4, 0.5) is 0 Å². The van der Waals surface area contributed by atoms with Crippen molar-refractivity contribution in [3.8, 4) is 0 Å². The normalized spacial score (nSPS) is 14.9. The lowest BCUT2D eigenvalue weighted by molar-refractivity contribution is 0.144. The number of aromatic nitrogens is 1. The van der Waals surface area contributed by atoms with E-state index in [2.05, 4.69) is 40.0 Å². The summed E-state index contributed by atoms with van der Waals surface area (Å²) in [6, 6.07) is 4.14. The monoisotopic (exact) mass is 271 g/mol. The average molecular weight is 272 g/mol. The molecule has 2 unspecified atom stereocenters. The van der Waals surface area contributed by atoms with E-state index in [1.807, 2.05) is 19.3 Å². The van der Waals surface area contributed by atoms with Crippen molar-refractivity contribution < 1.29 is 4.74 Å². The van der Waals surface area contributed by atoms with Gasteiger partial charge in [-0.15, -0.1) is 0 Å². The molecule has 3 heteroatoms. The van der Waals surface area contributed by atoms with Crippen molar-refractivity contribution in [3.05, 3.63) is 30.1 Å². The summed E-state index contributed by atoms with van der Waals surface area (Å²) in [5.74, 6) is 0.494. The second kappa shape index (κ2) is 6.96. The lowest BCUT2D eigenvalue weighted by Crippen LogP contribution is -2.12. The standard InChI is InChI=1S/C12H18BrNO/c1-3-15-9-6-12(13)10(2)11-4-7-14-8-5-11/h4-5,7-8,10,12H,3,6,9H2,1-2H3. The SMILES string of the molecule is CCOCCC(Br)C(C)c1ccncc1. The highest BCUT2D eigenvalue weighted by Gasteiger charge is 2.15. The predicted octanol–water partition coefficient (Wildman–Crippen LogP) is 3.38. The van der Waals surface area contributed by atoms with Gasteiger partial charge < -0.3 is 4.74 Å². The third kappa shape index (κ3) is 4.31. The van der Waals surface area contributed by atoms with E-state index < -0.39 is 0 Å². The molecule has 0 N–H and O–H groups in total. The third-order valence-electron chi connectivity index (χ3n) is 2.52. The molecular weight excluding hydrogens is 254 g/mol. The zero-order chi connectivity index (χ0) is 11.1. The van der Waals surface area contributed by atoms with Crippen molar-refractivity contribution in [1.29, 1.82) is 0 Å². The number of hydrogen-bond donors (Lipinski definition) is 0. The zero-order valence-electron chi connectivity index (χ0n) is 9.32. The molecule has 0 amide bonds. The van der Waals surface area contributed by atoms with Crippen LogP contribution in [-0.4, -0.2) is 23.0 Å². The van der Waals surface area contributed by atoms with Gasteiger partial charge in [-0.3, -0.25) is 4.98 Å². The van der Waals surface area contributed by atoms with Crippen LogP contribution in [0.25, 0.3) is 0 Å². The highest BCUT2D eigenvalue weighted by Crippen LogP contribution is 2.26. The van der Waals surface area contributed by atoms with Gasteiger partial charge in [0.2, 0.25) is 0 Å². The van der Waals surface area contributed by atoms with Gasteiger partial charge in [-0.25, -0.2) is 0 Å². The molecule has 1 heterocycles. The minimum absolute atomic E-state index is 0.464. The van der Waals surface area contributed by atoms with Gasteiger partial charge in [0.05, 0.1) is 0 Å². The summed E-state index contributed by atoms with van der Waals surface area (Å²) in [7, 11) is 0. The quantitative estimate of drug-likeness (QED) is 0.585. The number of nitrogens with zero attached hydrogens (tertiary/aromatic N) is 1. The van der Waals surface area contributed by atoms with Crippen LogP contribution in [0.1, 0.15) is 31.7 Å². The van der Waals surface area contributed by atoms with E-state index in [1.54, 1.807) is 0 Å². The van der Waals surface area contributed by atoms with Gasteiger partial charge in [-0.1, -0.05) is 22.9 Å². The summed E-state index contributed by atoms with van der Waals surface area (Å²) in [6.07, 6.45) is 4.72. The maximum atomic E-state index is 5.35. The van der Waals surface area contributed by atoms with Crippen LogP contribution in [0, 0.1) is 0 Å². The number of ether oxygens (including phenoxy) is 1. The summed E-state index contributed by atoms with van der Waals surface area (Å²) in [4.78, 5) is 4.49. The molecule has 2 atom stereocenters. The predicted molar refractivity (Wildman–Crippen MR) is 66.5 cm³/mol. The van der Waals surface area contributed by atoms with E-state index in [0.717, 1.165) is 19.6 Å². The topological polar surface area (TPSA) is 22.1 Å². The fraction of sp³-hybridized carbons (Fsp3) is 0.583. The summed E-state index contributed by atoms with van der Waals surface area (Å²) in [6.45, 7) is 5.86. The van der Waals surface area contributed by atoms with Crippen LogP contribution in [-0.2, 0) is 4.74 Å². The Morgan fingerprint density at radius 1 is 1.40 bits per heavy atom. The fourth-order valence-corrected chi connectivity index (χ4v) is 1.96. The third-order valence-corrected chi connectivity index (χ3v) is 3.77. The van der Waals surface area contributed by atoms with Crippen molar-refractivity contribution in [3.63, 3.8) is 0 Å². The van der Waals surface area contributed by atoms with E-state index in [0.29, 0.717) is 10.7 Å². The summed E-state index contributed by atoms with van der Waals surface area (Å²) >= 11 is 3.71. The second-order valence-electron chi connectivity index (χ2n) is 3.57. The molecule has 84 valence electrons. The summed E-state index contributed by atoms with van der Waals surface area (Å²) in [5, 5.41) is 0. The van der Waals surface area contributed by atoms with Crippen molar-refractivity contribution in [1.82, 2.24) is 4.98 Å². The molecule has 1 aromatic heterocycles. The zero-order valence-corrected chi connectivity index (χ0v) is 10.9. The highest BCUT2D eigenvalue weighted by atomic mass is 79.9. The number of rotatable bonds is 6. The largest absolute Gasteiger partial charge is 0.382 e. The molecule has 0 aliphatic rings. The maximum absolute atomic E-state index is 5.35. The molecule has 0 fully saturated rings. The fourth-order valence-electron chi connectivity index (χ4n) is 1.47. The van der Waals surface area contributed by atoms with Gasteiger partial charge in [0, 0.05) is 30.4 Å². The van der Waals surface area contributed by atoms with Gasteiger partial charge in [0.15, 0.2) is 0 Å². The minimum atomic E-state index is 0.464. The maximum Gasteiger partial charge on any atom is 0.0476 e. The van der Waals surface area contributed by atoms with Crippen LogP contribution in [0.2, 0.25) is 0 Å². The number of hydrogen-bond acceptors (Lipinski definition) is 2. The highest BCUT2D eigenvalue weighted by molar-refractivity contribution is 9.09. The average Bonchev–Trinajstić information content (AvgIpc) is 2.29. The number of alkyl halides is 1. The van der Waals surface area contributed by atoms with Crippen molar-refractivity contribution in [2.24, 2.45) is 0 Å². The first kappa shape index (κ1) is 12.7. The summed E-state index contributed by atoms with van der Waals surface area (Å²) in [5.41, 5.74) is 1.32. The Bertz CT molecular complexity index is 266. The molecule has 2 nitrogen and oxygen atoms in total. The van der Waals surface area contributed by atoms with Gasteiger partial charge in [-0.2, -0.15) is 0 Å².